The molecule has 0 amide bonds. The molecule has 0 aliphatic carbocycles. The molecule has 1 aromatic carbocycles. The van der Waals surface area contributed by atoms with Crippen molar-refractivity contribution < 1.29 is 0 Å². The zero-order valence-corrected chi connectivity index (χ0v) is 10.9. The number of nitrogens with zero attached hydrogens (tertiary/aromatic N) is 2. The lowest BCUT2D eigenvalue weighted by Gasteiger charge is -2.20. The van der Waals surface area contributed by atoms with Gasteiger partial charge in [0.1, 0.15) is 0 Å². The van der Waals surface area contributed by atoms with Crippen LogP contribution < -0.4 is 11.1 Å². The fourth-order valence-electron chi connectivity index (χ4n) is 2.03. The monoisotopic (exact) mass is 244 g/mol. The first-order valence-corrected chi connectivity index (χ1v) is 6.34. The molecule has 0 radical (unpaired) electrons. The van der Waals surface area contributed by atoms with E-state index in [0.717, 1.165) is 17.6 Å². The van der Waals surface area contributed by atoms with Crippen LogP contribution in [0.25, 0.3) is 11.0 Å². The fraction of sp³-hybridized carbons (Fsp3) is 0.429. The summed E-state index contributed by atoms with van der Waals surface area (Å²) in [5.74, 6) is 0.524. The minimum Gasteiger partial charge on any atom is -0.329 e. The Kier molecular flexibility index (Phi) is 4.23. The summed E-state index contributed by atoms with van der Waals surface area (Å²) in [4.78, 5) is 8.71. The van der Waals surface area contributed by atoms with Gasteiger partial charge < -0.3 is 11.1 Å². The van der Waals surface area contributed by atoms with Gasteiger partial charge >= 0.3 is 0 Å². The Morgan fingerprint density at radius 1 is 1.22 bits per heavy atom. The summed E-state index contributed by atoms with van der Waals surface area (Å²) >= 11 is 0. The van der Waals surface area contributed by atoms with Crippen LogP contribution in [-0.4, -0.2) is 22.6 Å². The molecule has 0 bridgehead atoms. The van der Waals surface area contributed by atoms with Gasteiger partial charge in [-0.2, -0.15) is 0 Å². The van der Waals surface area contributed by atoms with Gasteiger partial charge in [0.2, 0.25) is 0 Å². The first-order valence-electron chi connectivity index (χ1n) is 6.34. The molecule has 0 aliphatic rings. The molecule has 1 atom stereocenters. The van der Waals surface area contributed by atoms with E-state index >= 15 is 0 Å². The number of aromatic nitrogens is 2. The van der Waals surface area contributed by atoms with E-state index in [-0.39, 0.29) is 0 Å². The SMILES string of the molecule is CC(C)C(CN)NCc1cccc2nccnc12. The van der Waals surface area contributed by atoms with Crippen LogP contribution in [0, 0.1) is 5.92 Å². The van der Waals surface area contributed by atoms with Gasteiger partial charge in [0.25, 0.3) is 0 Å². The molecule has 1 unspecified atom stereocenters. The molecule has 0 spiro atoms. The lowest BCUT2D eigenvalue weighted by atomic mass is 10.0. The smallest absolute Gasteiger partial charge is 0.0931 e. The molecule has 2 aromatic rings. The van der Waals surface area contributed by atoms with Crippen molar-refractivity contribution in [2.24, 2.45) is 11.7 Å². The van der Waals surface area contributed by atoms with E-state index in [1.165, 1.54) is 5.56 Å². The number of hydrogen-bond donors (Lipinski definition) is 2. The average Bonchev–Trinajstić information content (AvgIpc) is 2.39. The number of para-hydroxylation sites is 1. The topological polar surface area (TPSA) is 63.8 Å². The largest absolute Gasteiger partial charge is 0.329 e. The summed E-state index contributed by atoms with van der Waals surface area (Å²) in [6, 6.07) is 6.41. The number of rotatable bonds is 5. The molecule has 0 aliphatic heterocycles. The molecule has 3 N–H and O–H groups in total. The Hall–Kier alpha value is -1.52. The van der Waals surface area contributed by atoms with Crippen LogP contribution in [0.15, 0.2) is 30.6 Å². The molecule has 0 fully saturated rings. The molecular weight excluding hydrogens is 224 g/mol. The molecular formula is C14H20N4. The third-order valence-corrected chi connectivity index (χ3v) is 3.20. The third-order valence-electron chi connectivity index (χ3n) is 3.20. The van der Waals surface area contributed by atoms with Crippen molar-refractivity contribution in [1.82, 2.24) is 15.3 Å². The van der Waals surface area contributed by atoms with Crippen LogP contribution in [0.5, 0.6) is 0 Å². The van der Waals surface area contributed by atoms with E-state index in [0.29, 0.717) is 18.5 Å². The summed E-state index contributed by atoms with van der Waals surface area (Å²) in [5, 5.41) is 3.48. The molecule has 4 nitrogen and oxygen atoms in total. The Labute approximate surface area is 108 Å². The van der Waals surface area contributed by atoms with E-state index < -0.39 is 0 Å². The van der Waals surface area contributed by atoms with E-state index in [1.807, 2.05) is 12.1 Å². The summed E-state index contributed by atoms with van der Waals surface area (Å²) in [6.45, 7) is 5.77. The maximum atomic E-state index is 5.76. The molecule has 96 valence electrons. The normalized spacial score (nSPS) is 13.1. The Bertz CT molecular complexity index is 505. The summed E-state index contributed by atoms with van der Waals surface area (Å²) in [5.41, 5.74) is 8.83. The second-order valence-electron chi connectivity index (χ2n) is 4.81. The standard InChI is InChI=1S/C14H20N4/c1-10(2)13(8-15)18-9-11-4-3-5-12-14(11)17-7-6-16-12/h3-7,10,13,18H,8-9,15H2,1-2H3. The predicted molar refractivity (Wildman–Crippen MR) is 74.1 cm³/mol. The maximum absolute atomic E-state index is 5.76. The predicted octanol–water partition coefficient (Wildman–Crippen LogP) is 1.70. The lowest BCUT2D eigenvalue weighted by molar-refractivity contribution is 0.405. The third kappa shape index (κ3) is 2.83. The van der Waals surface area contributed by atoms with Crippen molar-refractivity contribution >= 4 is 11.0 Å². The van der Waals surface area contributed by atoms with Crippen LogP contribution in [0.1, 0.15) is 19.4 Å². The van der Waals surface area contributed by atoms with E-state index in [1.54, 1.807) is 12.4 Å². The first-order chi connectivity index (χ1) is 8.72. The Morgan fingerprint density at radius 3 is 2.72 bits per heavy atom. The number of nitrogens with two attached hydrogens (primary N) is 1. The van der Waals surface area contributed by atoms with Gasteiger partial charge in [-0.05, 0) is 17.5 Å². The zero-order chi connectivity index (χ0) is 13.0. The molecule has 18 heavy (non-hydrogen) atoms. The molecule has 0 saturated heterocycles. The van der Waals surface area contributed by atoms with Crippen molar-refractivity contribution in [3.05, 3.63) is 36.2 Å². The second-order valence-corrected chi connectivity index (χ2v) is 4.81. The van der Waals surface area contributed by atoms with Crippen molar-refractivity contribution in [1.29, 1.82) is 0 Å². The first kappa shape index (κ1) is 12.9. The zero-order valence-electron chi connectivity index (χ0n) is 10.9. The summed E-state index contributed by atoms with van der Waals surface area (Å²) < 4.78 is 0. The van der Waals surface area contributed by atoms with Crippen LogP contribution in [-0.2, 0) is 6.54 Å². The molecule has 1 heterocycles. The van der Waals surface area contributed by atoms with Gasteiger partial charge in [0, 0.05) is 31.5 Å². The Morgan fingerprint density at radius 2 is 2.00 bits per heavy atom. The van der Waals surface area contributed by atoms with Crippen molar-refractivity contribution in [3.8, 4) is 0 Å². The van der Waals surface area contributed by atoms with Gasteiger partial charge in [-0.1, -0.05) is 26.0 Å². The second kappa shape index (κ2) is 5.89. The van der Waals surface area contributed by atoms with Crippen LogP contribution in [0.3, 0.4) is 0 Å². The number of fused-ring (bicyclic) bond motifs is 1. The molecule has 4 heteroatoms. The quantitative estimate of drug-likeness (QED) is 0.840. The fourth-order valence-corrected chi connectivity index (χ4v) is 2.03. The van der Waals surface area contributed by atoms with Gasteiger partial charge in [0.05, 0.1) is 11.0 Å². The van der Waals surface area contributed by atoms with Gasteiger partial charge in [-0.25, -0.2) is 0 Å². The van der Waals surface area contributed by atoms with E-state index in [2.05, 4.69) is 35.2 Å². The maximum Gasteiger partial charge on any atom is 0.0931 e. The highest BCUT2D eigenvalue weighted by atomic mass is 14.9. The van der Waals surface area contributed by atoms with Crippen molar-refractivity contribution in [3.63, 3.8) is 0 Å². The summed E-state index contributed by atoms with van der Waals surface area (Å²) in [6.07, 6.45) is 3.45. The van der Waals surface area contributed by atoms with Gasteiger partial charge in [0.15, 0.2) is 0 Å². The Balaban J connectivity index is 2.17. The van der Waals surface area contributed by atoms with Crippen molar-refractivity contribution in [2.75, 3.05) is 6.54 Å². The minimum absolute atomic E-state index is 0.330. The van der Waals surface area contributed by atoms with Gasteiger partial charge in [-0.3, -0.25) is 9.97 Å². The highest BCUT2D eigenvalue weighted by Crippen LogP contribution is 2.14. The van der Waals surface area contributed by atoms with Crippen LogP contribution in [0.2, 0.25) is 0 Å². The lowest BCUT2D eigenvalue weighted by Crippen LogP contribution is -2.39. The van der Waals surface area contributed by atoms with E-state index in [4.69, 9.17) is 5.73 Å². The van der Waals surface area contributed by atoms with Crippen LogP contribution in [0.4, 0.5) is 0 Å². The molecule has 0 saturated carbocycles. The number of hydrogen-bond acceptors (Lipinski definition) is 4. The van der Waals surface area contributed by atoms with E-state index in [9.17, 15) is 0 Å². The van der Waals surface area contributed by atoms with Crippen molar-refractivity contribution in [2.45, 2.75) is 26.4 Å². The number of benzene rings is 1. The minimum atomic E-state index is 0.330. The molecule has 2 rings (SSSR count). The average molecular weight is 244 g/mol. The summed E-state index contributed by atoms with van der Waals surface area (Å²) in [7, 11) is 0. The van der Waals surface area contributed by atoms with Gasteiger partial charge in [-0.15, -0.1) is 0 Å². The highest BCUT2D eigenvalue weighted by molar-refractivity contribution is 5.77. The highest BCUT2D eigenvalue weighted by Gasteiger charge is 2.11. The van der Waals surface area contributed by atoms with Crippen LogP contribution >= 0.6 is 0 Å². The molecule has 1 aromatic heterocycles. The number of nitrogens with one attached hydrogen (secondary N) is 1.